The summed E-state index contributed by atoms with van der Waals surface area (Å²) in [5.41, 5.74) is 15.1. The molecule has 25 heteroatoms. The number of H-pyrrole nitrogens is 3. The normalized spacial score (nSPS) is 18.6. The maximum Gasteiger partial charge on any atom is 0.389 e. The number of carbonyl (C=O) groups excluding carboxylic acids is 5. The van der Waals surface area contributed by atoms with Crippen molar-refractivity contribution in [3.63, 3.8) is 0 Å². The predicted octanol–water partition coefficient (Wildman–Crippen LogP) is 8.26. The van der Waals surface area contributed by atoms with Crippen molar-refractivity contribution in [2.24, 2.45) is 17.8 Å². The molecule has 9 rings (SSSR count). The maximum atomic E-state index is 13.0. The van der Waals surface area contributed by atoms with E-state index in [9.17, 15) is 41.5 Å². The largest absolute Gasteiger partial charge is 0.466 e. The number of fused-ring (bicyclic) bond motifs is 3. The number of Topliss-reactive ketones (excluding diaryl/α,β-unsaturated/α-hetero) is 2. The average Bonchev–Trinajstić information content (AvgIpc) is 4.26. The van der Waals surface area contributed by atoms with E-state index in [1.165, 1.54) is 26.4 Å². The number of rotatable bonds is 17. The van der Waals surface area contributed by atoms with E-state index in [1.807, 2.05) is 29.1 Å². The highest BCUT2D eigenvalue weighted by Crippen LogP contribution is 2.34. The Hall–Kier alpha value is -7.69. The number of aromatic nitrogens is 6. The summed E-state index contributed by atoms with van der Waals surface area (Å²) in [5, 5.41) is 13.3. The quantitative estimate of drug-likeness (QED) is 0.0243. The molecule has 0 radical (unpaired) electrons. The van der Waals surface area contributed by atoms with Gasteiger partial charge in [0, 0.05) is 131 Å². The van der Waals surface area contributed by atoms with Gasteiger partial charge in [-0.15, -0.1) is 0 Å². The summed E-state index contributed by atoms with van der Waals surface area (Å²) in [5.74, 6) is -1.66. The molecule has 0 saturated carbocycles. The molecular formula is C53H67F4N15O6. The number of halogens is 4. The van der Waals surface area contributed by atoms with Gasteiger partial charge in [-0.05, 0) is 77.0 Å². The second-order valence-corrected chi connectivity index (χ2v) is 19.4. The molecule has 3 aliphatic heterocycles. The van der Waals surface area contributed by atoms with Crippen LogP contribution in [0.1, 0.15) is 98.8 Å². The average molecular weight is 1090 g/mol. The fourth-order valence-electron chi connectivity index (χ4n) is 9.77. The van der Waals surface area contributed by atoms with Crippen LogP contribution in [0, 0.1) is 24.3 Å². The van der Waals surface area contributed by atoms with Crippen molar-refractivity contribution in [1.29, 1.82) is 0 Å². The monoisotopic (exact) mass is 1090 g/mol. The number of hydrazine groups is 3. The number of hydrogen-bond donors (Lipinski definition) is 8. The number of nitrogens with zero attached hydrogens (tertiary/aromatic N) is 7. The summed E-state index contributed by atoms with van der Waals surface area (Å²) in [4.78, 5) is 86.4. The van der Waals surface area contributed by atoms with Gasteiger partial charge in [0.2, 0.25) is 5.69 Å². The Morgan fingerprint density at radius 3 is 1.55 bits per heavy atom. The highest BCUT2D eigenvalue weighted by molar-refractivity contribution is 6.07. The Labute approximate surface area is 448 Å². The number of nitrogens with one attached hydrogen (secondary N) is 8. The van der Waals surface area contributed by atoms with Gasteiger partial charge in [-0.2, -0.15) is 13.2 Å². The van der Waals surface area contributed by atoms with E-state index in [2.05, 4.69) is 61.7 Å². The van der Waals surface area contributed by atoms with Crippen LogP contribution in [0.25, 0.3) is 37.9 Å². The van der Waals surface area contributed by atoms with Gasteiger partial charge >= 0.3 is 12.1 Å². The molecule has 0 aromatic carbocycles. The van der Waals surface area contributed by atoms with Gasteiger partial charge in [0.15, 0.2) is 0 Å². The molecule has 4 atom stereocenters. The highest BCUT2D eigenvalue weighted by atomic mass is 19.4. The number of carbonyl (C=O) groups is 5. The zero-order valence-electron chi connectivity index (χ0n) is 44.1. The smallest absolute Gasteiger partial charge is 0.389 e. The number of ether oxygens (including phenoxy) is 1. The van der Waals surface area contributed by atoms with Crippen LogP contribution in [0.15, 0.2) is 55.4 Å². The number of aromatic amines is 3. The van der Waals surface area contributed by atoms with Crippen LogP contribution in [0.3, 0.4) is 0 Å². The second kappa shape index (κ2) is 27.1. The molecule has 0 bridgehead atoms. The van der Waals surface area contributed by atoms with E-state index >= 15 is 0 Å². The fraction of sp³-hybridized carbons (Fsp3) is 0.491. The summed E-state index contributed by atoms with van der Waals surface area (Å²) >= 11 is 0. The van der Waals surface area contributed by atoms with E-state index in [1.54, 1.807) is 42.9 Å². The summed E-state index contributed by atoms with van der Waals surface area (Å²) in [6.45, 7) is 14.6. The summed E-state index contributed by atoms with van der Waals surface area (Å²) < 4.78 is 55.4. The first kappa shape index (κ1) is 58.0. The van der Waals surface area contributed by atoms with Crippen molar-refractivity contribution in [3.8, 4) is 0 Å². The number of piperidine rings is 3. The van der Waals surface area contributed by atoms with Crippen molar-refractivity contribution in [2.45, 2.75) is 90.4 Å². The Morgan fingerprint density at radius 1 is 0.692 bits per heavy atom. The Bertz CT molecular complexity index is 3080. The lowest BCUT2D eigenvalue weighted by Crippen LogP contribution is -2.42. The van der Waals surface area contributed by atoms with Crippen LogP contribution >= 0.6 is 0 Å². The van der Waals surface area contributed by atoms with Crippen LogP contribution in [-0.4, -0.2) is 147 Å². The molecule has 9 heterocycles. The molecule has 8 N–H and O–H groups in total. The van der Waals surface area contributed by atoms with Crippen molar-refractivity contribution in [3.05, 3.63) is 77.9 Å². The number of esters is 1. The molecule has 6 aromatic rings. The van der Waals surface area contributed by atoms with Gasteiger partial charge in [-0.3, -0.25) is 29.0 Å². The predicted molar refractivity (Wildman–Crippen MR) is 287 cm³/mol. The molecule has 0 aliphatic carbocycles. The molecule has 1 unspecified atom stereocenters. The number of ketones is 2. The third-order valence-electron chi connectivity index (χ3n) is 13.9. The number of hydrogen-bond acceptors (Lipinski definition) is 15. The van der Waals surface area contributed by atoms with Gasteiger partial charge in [0.25, 0.3) is 11.8 Å². The summed E-state index contributed by atoms with van der Waals surface area (Å²) in [6.07, 6.45) is 8.16. The molecule has 3 fully saturated rings. The van der Waals surface area contributed by atoms with E-state index in [0.29, 0.717) is 84.0 Å². The number of amides is 2. The molecular weight excluding hydrogens is 1020 g/mol. The SMILES string of the molecule is CNC(=O)c1cnc2[nH]ccc2c1NN1CCC[C@H](C(=O)CCC(C)F)C1.CNC(=O)c1cnc2[nH]ccc2c1NN1CCC[C@H](C(=O)CCC(F)(F)F)C1.[C-]#[N+]c1cnc2[nH]ccc2c1NN1CCC[C@H](C(=O)OCC)C1. The number of pyridine rings is 3. The van der Waals surface area contributed by atoms with Gasteiger partial charge < -0.3 is 46.6 Å². The van der Waals surface area contributed by atoms with Crippen molar-refractivity contribution in [1.82, 2.24) is 55.6 Å². The highest BCUT2D eigenvalue weighted by Gasteiger charge is 2.33. The van der Waals surface area contributed by atoms with Crippen molar-refractivity contribution >= 4 is 85.2 Å². The molecule has 6 aromatic heterocycles. The fourth-order valence-corrected chi connectivity index (χ4v) is 9.77. The van der Waals surface area contributed by atoms with Crippen LogP contribution in [0.5, 0.6) is 0 Å². The minimum absolute atomic E-state index is 0.110. The van der Waals surface area contributed by atoms with Gasteiger partial charge in [0.1, 0.15) is 28.5 Å². The molecule has 2 amide bonds. The topological polar surface area (TPSA) is 255 Å². The Kier molecular flexibility index (Phi) is 20.1. The summed E-state index contributed by atoms with van der Waals surface area (Å²) in [6, 6.07) is 5.55. The van der Waals surface area contributed by atoms with E-state index < -0.39 is 31.1 Å². The van der Waals surface area contributed by atoms with E-state index in [0.717, 1.165) is 60.9 Å². The van der Waals surface area contributed by atoms with Crippen molar-refractivity contribution in [2.75, 3.05) is 76.2 Å². The minimum atomic E-state index is -4.33. The first-order chi connectivity index (χ1) is 37.5. The zero-order chi connectivity index (χ0) is 55.9. The van der Waals surface area contributed by atoms with Crippen LogP contribution in [-0.2, 0) is 19.1 Å². The van der Waals surface area contributed by atoms with E-state index in [4.69, 9.17) is 11.3 Å². The zero-order valence-corrected chi connectivity index (χ0v) is 44.1. The molecule has 3 aliphatic rings. The maximum absolute atomic E-state index is 13.0. The van der Waals surface area contributed by atoms with Crippen LogP contribution in [0.2, 0.25) is 0 Å². The van der Waals surface area contributed by atoms with Crippen LogP contribution < -0.4 is 26.9 Å². The van der Waals surface area contributed by atoms with Crippen molar-refractivity contribution < 1.29 is 46.3 Å². The van der Waals surface area contributed by atoms with Gasteiger partial charge in [-0.1, -0.05) is 0 Å². The van der Waals surface area contributed by atoms with E-state index in [-0.39, 0.29) is 60.6 Å². The van der Waals surface area contributed by atoms with Crippen LogP contribution in [0.4, 0.5) is 40.3 Å². The lowest BCUT2D eigenvalue weighted by molar-refractivity contribution is -0.149. The first-order valence-electron chi connectivity index (χ1n) is 26.2. The number of alkyl halides is 4. The molecule has 0 spiro atoms. The lowest BCUT2D eigenvalue weighted by atomic mass is 9.92. The summed E-state index contributed by atoms with van der Waals surface area (Å²) in [7, 11) is 3.10. The standard InChI is InChI=1S/C19H26FN5O2.C18H22F3N5O2.C16H19N5O2/c1-12(20)5-6-16(26)13-4-3-9-25(11-13)24-17-14-7-8-22-18(14)23-10-15(17)19(27)21-2;1-22-17(28)13-9-24-16-12(5-7-23-16)15(13)25-26-8-2-3-11(10-26)14(27)4-6-18(19,20)21;1-3-23-16(22)11-5-4-8-21(10-11)20-14-12-6-7-18-15(12)19-9-13(14)17-2/h7-8,10,12-13H,3-6,9,11H2,1-2H3,(H,21,27)(H2,22,23,24);5,7,9,11H,2-4,6,8,10H2,1H3,(H,22,28)(H2,23,24,25);6-7,9,11H,3-5,8,10H2,1H3,(H2,18,19,20)/t12?,13-;2*11-/m000/s1. The second-order valence-electron chi connectivity index (χ2n) is 19.4. The Morgan fingerprint density at radius 2 is 1.12 bits per heavy atom. The number of anilines is 3. The molecule has 3 saturated heterocycles. The van der Waals surface area contributed by atoms with Gasteiger partial charge in [-0.25, -0.2) is 34.2 Å². The molecule has 418 valence electrons. The Balaban J connectivity index is 0.000000170. The molecule has 21 nitrogen and oxygen atoms in total. The third-order valence-corrected chi connectivity index (χ3v) is 13.9. The van der Waals surface area contributed by atoms with Gasteiger partial charge in [0.05, 0.1) is 59.9 Å². The lowest BCUT2D eigenvalue weighted by Gasteiger charge is -2.33. The first-order valence-corrected chi connectivity index (χ1v) is 26.2. The minimum Gasteiger partial charge on any atom is -0.466 e. The molecule has 78 heavy (non-hydrogen) atoms. The third kappa shape index (κ3) is 15.1.